The van der Waals surface area contributed by atoms with Gasteiger partial charge < -0.3 is 10.1 Å². The number of benzene rings is 1. The van der Waals surface area contributed by atoms with Gasteiger partial charge >= 0.3 is 5.97 Å². The van der Waals surface area contributed by atoms with Gasteiger partial charge in [-0.2, -0.15) is 5.10 Å². The van der Waals surface area contributed by atoms with Crippen LogP contribution in [0.5, 0.6) is 0 Å². The highest BCUT2D eigenvalue weighted by Crippen LogP contribution is 2.42. The maximum absolute atomic E-state index is 12.8. The van der Waals surface area contributed by atoms with Crippen LogP contribution in [-0.4, -0.2) is 40.6 Å². The number of aliphatic imine (C=N–C) groups is 1. The van der Waals surface area contributed by atoms with Gasteiger partial charge in [0, 0.05) is 23.1 Å². The van der Waals surface area contributed by atoms with E-state index in [1.54, 1.807) is 6.92 Å². The van der Waals surface area contributed by atoms with Crippen LogP contribution in [-0.2, 0) is 22.4 Å². The summed E-state index contributed by atoms with van der Waals surface area (Å²) >= 11 is 2.85. The zero-order valence-corrected chi connectivity index (χ0v) is 18.7. The van der Waals surface area contributed by atoms with Gasteiger partial charge in [0.25, 0.3) is 0 Å². The summed E-state index contributed by atoms with van der Waals surface area (Å²) in [7, 11) is 0. The first-order valence-corrected chi connectivity index (χ1v) is 12.2. The number of thioether (sulfide) groups is 1. The van der Waals surface area contributed by atoms with Gasteiger partial charge in [-0.15, -0.1) is 11.3 Å². The molecule has 3 heterocycles. The van der Waals surface area contributed by atoms with Gasteiger partial charge in [0.2, 0.25) is 5.91 Å². The molecule has 31 heavy (non-hydrogen) atoms. The van der Waals surface area contributed by atoms with Gasteiger partial charge in [0.15, 0.2) is 5.17 Å². The number of anilines is 1. The lowest BCUT2D eigenvalue weighted by molar-refractivity contribution is -0.113. The number of rotatable bonds is 5. The minimum atomic E-state index is -0.354. The van der Waals surface area contributed by atoms with Crippen LogP contribution in [0.2, 0.25) is 0 Å². The number of amidine groups is 1. The van der Waals surface area contributed by atoms with E-state index in [9.17, 15) is 9.59 Å². The number of hydrazone groups is 1. The molecular formula is C22H22N4O3S2. The molecule has 1 atom stereocenters. The summed E-state index contributed by atoms with van der Waals surface area (Å²) in [5.74, 6) is -0.339. The number of ether oxygens (including phenoxy) is 1. The minimum Gasteiger partial charge on any atom is -0.462 e. The molecule has 2 aliphatic heterocycles. The van der Waals surface area contributed by atoms with Crippen LogP contribution in [0.3, 0.4) is 0 Å². The molecule has 3 aliphatic rings. The normalized spacial score (nSPS) is 18.3. The van der Waals surface area contributed by atoms with Gasteiger partial charge in [-0.05, 0) is 37.8 Å². The first-order valence-electron chi connectivity index (χ1n) is 10.4. The molecule has 1 amide bonds. The molecule has 1 N–H and O–H groups in total. The number of hydrogen-bond acceptors (Lipinski definition) is 8. The van der Waals surface area contributed by atoms with E-state index in [2.05, 4.69) is 16.5 Å². The van der Waals surface area contributed by atoms with E-state index in [1.165, 1.54) is 28.0 Å². The van der Waals surface area contributed by atoms with E-state index in [4.69, 9.17) is 9.73 Å². The molecule has 2 aromatic rings. The third kappa shape index (κ3) is 3.76. The maximum atomic E-state index is 12.8. The summed E-state index contributed by atoms with van der Waals surface area (Å²) in [4.78, 5) is 31.2. The van der Waals surface area contributed by atoms with Crippen molar-refractivity contribution in [3.8, 4) is 0 Å². The third-order valence-corrected chi connectivity index (χ3v) is 7.67. The summed E-state index contributed by atoms with van der Waals surface area (Å²) in [5.41, 5.74) is 3.65. The van der Waals surface area contributed by atoms with Crippen molar-refractivity contribution in [2.75, 3.05) is 17.7 Å². The Balaban J connectivity index is 1.31. The lowest BCUT2D eigenvalue weighted by Crippen LogP contribution is -2.29. The smallest absolute Gasteiger partial charge is 0.341 e. The second kappa shape index (κ2) is 8.47. The average Bonchev–Trinajstić information content (AvgIpc) is 3.48. The predicted molar refractivity (Wildman–Crippen MR) is 125 cm³/mol. The fraction of sp³-hybridized carbons (Fsp3) is 0.364. The van der Waals surface area contributed by atoms with E-state index in [-0.39, 0.29) is 23.7 Å². The Morgan fingerprint density at radius 3 is 3.06 bits per heavy atom. The molecule has 0 bridgehead atoms. The van der Waals surface area contributed by atoms with Crippen molar-refractivity contribution >= 4 is 57.0 Å². The number of esters is 1. The number of fused-ring (bicyclic) bond motifs is 4. The number of thiophene rings is 1. The van der Waals surface area contributed by atoms with Crippen LogP contribution in [0.25, 0.3) is 0 Å². The first-order chi connectivity index (χ1) is 15.2. The molecule has 5 rings (SSSR count). The molecule has 1 unspecified atom stereocenters. The average molecular weight is 455 g/mol. The number of para-hydroxylation sites is 1. The summed E-state index contributed by atoms with van der Waals surface area (Å²) in [6.45, 7) is 2.10. The van der Waals surface area contributed by atoms with E-state index < -0.39 is 0 Å². The highest BCUT2D eigenvalue weighted by Gasteiger charge is 2.33. The largest absolute Gasteiger partial charge is 0.462 e. The molecule has 1 aliphatic carbocycles. The number of nitrogens with one attached hydrogen (secondary N) is 1. The minimum absolute atomic E-state index is 0.134. The van der Waals surface area contributed by atoms with Crippen molar-refractivity contribution in [3.05, 3.63) is 45.8 Å². The number of amides is 1. The standard InChI is InChI=1S/C22H22N4O3S2/c1-2-29-21(28)19-14-7-5-9-17(14)31-20(19)25-18(27)12-30-22-24-15-8-4-3-6-13(15)16-10-11-23-26(16)22/h3-4,6,8,11,16H,2,5,7,9-10,12H2,1H3,(H,25,27). The number of hydrogen-bond donors (Lipinski definition) is 1. The van der Waals surface area contributed by atoms with E-state index in [0.29, 0.717) is 22.3 Å². The summed E-state index contributed by atoms with van der Waals surface area (Å²) in [6, 6.07) is 8.18. The van der Waals surface area contributed by atoms with Gasteiger partial charge in [-0.3, -0.25) is 4.79 Å². The predicted octanol–water partition coefficient (Wildman–Crippen LogP) is 4.52. The highest BCUT2D eigenvalue weighted by molar-refractivity contribution is 8.14. The molecule has 7 nitrogen and oxygen atoms in total. The molecule has 0 radical (unpaired) electrons. The lowest BCUT2D eigenvalue weighted by atomic mass is 10.0. The van der Waals surface area contributed by atoms with Crippen molar-refractivity contribution in [1.29, 1.82) is 0 Å². The second-order valence-corrected chi connectivity index (χ2v) is 9.51. The molecule has 160 valence electrons. The zero-order valence-electron chi connectivity index (χ0n) is 17.1. The molecule has 9 heteroatoms. The van der Waals surface area contributed by atoms with Gasteiger partial charge in [-0.1, -0.05) is 30.0 Å². The van der Waals surface area contributed by atoms with Crippen molar-refractivity contribution in [1.82, 2.24) is 5.01 Å². The topological polar surface area (TPSA) is 83.4 Å². The second-order valence-electron chi connectivity index (χ2n) is 7.47. The molecule has 0 saturated heterocycles. The Bertz CT molecular complexity index is 1110. The van der Waals surface area contributed by atoms with Gasteiger partial charge in [0.1, 0.15) is 5.00 Å². The molecule has 1 aromatic heterocycles. The molecule has 0 saturated carbocycles. The number of aryl methyl sites for hydroxylation is 1. The Morgan fingerprint density at radius 1 is 1.32 bits per heavy atom. The van der Waals surface area contributed by atoms with Crippen molar-refractivity contribution in [2.45, 2.75) is 38.6 Å². The van der Waals surface area contributed by atoms with Gasteiger partial charge in [0.05, 0.1) is 29.7 Å². The number of carbonyl (C=O) groups is 2. The summed E-state index contributed by atoms with van der Waals surface area (Å²) in [5, 5.41) is 10.6. The Labute approximate surface area is 188 Å². The van der Waals surface area contributed by atoms with E-state index in [0.717, 1.165) is 42.5 Å². The zero-order chi connectivity index (χ0) is 21.4. The van der Waals surface area contributed by atoms with Crippen molar-refractivity contribution in [3.63, 3.8) is 0 Å². The fourth-order valence-electron chi connectivity index (χ4n) is 4.18. The van der Waals surface area contributed by atoms with Crippen LogP contribution >= 0.6 is 23.1 Å². The van der Waals surface area contributed by atoms with Crippen LogP contribution in [0, 0.1) is 0 Å². The summed E-state index contributed by atoms with van der Waals surface area (Å²) < 4.78 is 5.24. The summed E-state index contributed by atoms with van der Waals surface area (Å²) in [6.07, 6.45) is 5.56. The quantitative estimate of drug-likeness (QED) is 0.672. The number of carbonyl (C=O) groups excluding carboxylic acids is 2. The van der Waals surface area contributed by atoms with Crippen molar-refractivity contribution < 1.29 is 14.3 Å². The Morgan fingerprint density at radius 2 is 2.19 bits per heavy atom. The maximum Gasteiger partial charge on any atom is 0.341 e. The fourth-order valence-corrected chi connectivity index (χ4v) is 6.28. The van der Waals surface area contributed by atoms with Gasteiger partial charge in [-0.25, -0.2) is 14.8 Å². The molecule has 0 fully saturated rings. The lowest BCUT2D eigenvalue weighted by Gasteiger charge is -2.29. The van der Waals surface area contributed by atoms with Crippen LogP contribution in [0.15, 0.2) is 34.4 Å². The van der Waals surface area contributed by atoms with E-state index >= 15 is 0 Å². The van der Waals surface area contributed by atoms with Crippen LogP contribution in [0.4, 0.5) is 10.7 Å². The monoisotopic (exact) mass is 454 g/mol. The number of nitrogens with zero attached hydrogens (tertiary/aromatic N) is 3. The first kappa shape index (κ1) is 20.3. The van der Waals surface area contributed by atoms with Crippen LogP contribution in [0.1, 0.15) is 52.2 Å². The van der Waals surface area contributed by atoms with Crippen molar-refractivity contribution in [2.24, 2.45) is 10.1 Å². The Hall–Kier alpha value is -2.65. The highest BCUT2D eigenvalue weighted by atomic mass is 32.2. The molecule has 0 spiro atoms. The SMILES string of the molecule is CCOC(=O)c1c(NC(=O)CSC2=Nc3ccccc3C3CC=NN23)sc2c1CCC2. The molecular weight excluding hydrogens is 432 g/mol. The van der Waals surface area contributed by atoms with Crippen LogP contribution < -0.4 is 5.32 Å². The molecule has 1 aromatic carbocycles. The third-order valence-electron chi connectivity index (χ3n) is 5.52. The van der Waals surface area contributed by atoms with E-state index in [1.807, 2.05) is 29.4 Å². The Kier molecular flexibility index (Phi) is 5.54.